The molecule has 1 aliphatic rings. The van der Waals surface area contributed by atoms with E-state index in [2.05, 4.69) is 5.32 Å². The zero-order valence-electron chi connectivity index (χ0n) is 13.4. The zero-order valence-corrected chi connectivity index (χ0v) is 13.4. The third-order valence-corrected chi connectivity index (χ3v) is 4.26. The van der Waals surface area contributed by atoms with Crippen molar-refractivity contribution in [1.82, 2.24) is 5.32 Å². The number of nitrogens with one attached hydrogen (secondary N) is 1. The van der Waals surface area contributed by atoms with Crippen LogP contribution in [0.3, 0.4) is 0 Å². The molecule has 1 aromatic rings. The van der Waals surface area contributed by atoms with Crippen LogP contribution in [0.25, 0.3) is 0 Å². The molecule has 23 heavy (non-hydrogen) atoms. The van der Waals surface area contributed by atoms with Gasteiger partial charge < -0.3 is 15.3 Å². The second kappa shape index (κ2) is 7.26. The maximum absolute atomic E-state index is 12.4. The van der Waals surface area contributed by atoms with Crippen LogP contribution in [0.5, 0.6) is 0 Å². The van der Waals surface area contributed by atoms with E-state index in [1.54, 1.807) is 36.1 Å². The van der Waals surface area contributed by atoms with Crippen LogP contribution >= 0.6 is 0 Å². The quantitative estimate of drug-likeness (QED) is 0.840. The van der Waals surface area contributed by atoms with Crippen LogP contribution in [0.15, 0.2) is 24.3 Å². The molecule has 124 valence electrons. The Morgan fingerprint density at radius 2 is 2.13 bits per heavy atom. The molecule has 0 spiro atoms. The summed E-state index contributed by atoms with van der Waals surface area (Å²) < 4.78 is 0. The molecular weight excluding hydrogens is 296 g/mol. The highest BCUT2D eigenvalue weighted by Crippen LogP contribution is 2.22. The van der Waals surface area contributed by atoms with Gasteiger partial charge in [-0.1, -0.05) is 26.3 Å². The first kappa shape index (κ1) is 17.0. The van der Waals surface area contributed by atoms with Crippen molar-refractivity contribution in [2.24, 2.45) is 5.92 Å². The van der Waals surface area contributed by atoms with Gasteiger partial charge in [-0.15, -0.1) is 0 Å². The Morgan fingerprint density at radius 1 is 1.39 bits per heavy atom. The van der Waals surface area contributed by atoms with E-state index < -0.39 is 17.9 Å². The number of benzene rings is 1. The fraction of sp³-hybridized carbons (Fsp3) is 0.471. The third kappa shape index (κ3) is 3.88. The maximum Gasteiger partial charge on any atom is 0.326 e. The highest BCUT2D eigenvalue weighted by atomic mass is 16.4. The molecule has 2 amide bonds. The highest BCUT2D eigenvalue weighted by Gasteiger charge is 2.26. The standard InChI is InChI=1S/C17H22N2O4/c1-3-11(2)15(17(22)23)18-16(21)12-6-4-7-13(10-12)19-9-5-8-14(19)20/h4,6-7,10-11,15H,3,5,8-9H2,1-2H3,(H,18,21)(H,22,23)/t11-,15-/m0/s1. The van der Waals surface area contributed by atoms with Crippen LogP contribution < -0.4 is 10.2 Å². The van der Waals surface area contributed by atoms with E-state index in [1.807, 2.05) is 6.92 Å². The summed E-state index contributed by atoms with van der Waals surface area (Å²) in [7, 11) is 0. The molecule has 1 heterocycles. The molecule has 2 N–H and O–H groups in total. The van der Waals surface area contributed by atoms with Gasteiger partial charge in [-0.3, -0.25) is 9.59 Å². The Morgan fingerprint density at radius 3 is 2.70 bits per heavy atom. The lowest BCUT2D eigenvalue weighted by Crippen LogP contribution is -2.45. The molecule has 2 atom stereocenters. The van der Waals surface area contributed by atoms with Crippen LogP contribution in [-0.2, 0) is 9.59 Å². The maximum atomic E-state index is 12.4. The van der Waals surface area contributed by atoms with Crippen LogP contribution in [0.4, 0.5) is 5.69 Å². The van der Waals surface area contributed by atoms with E-state index in [0.717, 1.165) is 6.42 Å². The van der Waals surface area contributed by atoms with Gasteiger partial charge in [0.15, 0.2) is 0 Å². The van der Waals surface area contributed by atoms with Crippen molar-refractivity contribution >= 4 is 23.5 Å². The lowest BCUT2D eigenvalue weighted by atomic mass is 9.99. The van der Waals surface area contributed by atoms with Crippen molar-refractivity contribution < 1.29 is 19.5 Å². The second-order valence-electron chi connectivity index (χ2n) is 5.87. The number of anilines is 1. The SMILES string of the molecule is CC[C@H](C)[C@H](NC(=O)c1cccc(N2CCCC2=O)c1)C(=O)O. The Kier molecular flexibility index (Phi) is 5.36. The molecule has 1 saturated heterocycles. The van der Waals surface area contributed by atoms with Crippen molar-refractivity contribution in [2.75, 3.05) is 11.4 Å². The molecule has 1 fully saturated rings. The van der Waals surface area contributed by atoms with Gasteiger partial charge in [0, 0.05) is 24.2 Å². The molecule has 1 aliphatic heterocycles. The van der Waals surface area contributed by atoms with Crippen molar-refractivity contribution in [3.8, 4) is 0 Å². The van der Waals surface area contributed by atoms with Crippen LogP contribution in [-0.4, -0.2) is 35.5 Å². The third-order valence-electron chi connectivity index (χ3n) is 4.26. The zero-order chi connectivity index (χ0) is 17.0. The second-order valence-corrected chi connectivity index (χ2v) is 5.87. The molecule has 1 aromatic carbocycles. The Balaban J connectivity index is 2.16. The summed E-state index contributed by atoms with van der Waals surface area (Å²) >= 11 is 0. The van der Waals surface area contributed by atoms with E-state index in [9.17, 15) is 19.5 Å². The van der Waals surface area contributed by atoms with Crippen molar-refractivity contribution in [3.05, 3.63) is 29.8 Å². The molecular formula is C17H22N2O4. The molecule has 0 aliphatic carbocycles. The molecule has 0 unspecified atom stereocenters. The Labute approximate surface area is 135 Å². The minimum Gasteiger partial charge on any atom is -0.480 e. The van der Waals surface area contributed by atoms with E-state index in [-0.39, 0.29) is 11.8 Å². The summed E-state index contributed by atoms with van der Waals surface area (Å²) in [5.74, 6) is -1.60. The largest absolute Gasteiger partial charge is 0.480 e. The molecule has 0 bridgehead atoms. The van der Waals surface area contributed by atoms with Crippen molar-refractivity contribution in [2.45, 2.75) is 39.2 Å². The van der Waals surface area contributed by atoms with E-state index in [1.165, 1.54) is 0 Å². The number of carbonyl (C=O) groups excluding carboxylic acids is 2. The molecule has 0 radical (unpaired) electrons. The van der Waals surface area contributed by atoms with Gasteiger partial charge >= 0.3 is 5.97 Å². The van der Waals surface area contributed by atoms with E-state index in [4.69, 9.17) is 0 Å². The smallest absolute Gasteiger partial charge is 0.326 e. The predicted molar refractivity (Wildman–Crippen MR) is 86.4 cm³/mol. The Hall–Kier alpha value is -2.37. The summed E-state index contributed by atoms with van der Waals surface area (Å²) in [6, 6.07) is 5.81. The number of nitrogens with zero attached hydrogens (tertiary/aromatic N) is 1. The number of rotatable bonds is 6. The number of carboxylic acid groups (broad SMARTS) is 1. The summed E-state index contributed by atoms with van der Waals surface area (Å²) in [5, 5.41) is 11.8. The fourth-order valence-electron chi connectivity index (χ4n) is 2.64. The van der Waals surface area contributed by atoms with Gasteiger partial charge in [0.1, 0.15) is 6.04 Å². The van der Waals surface area contributed by atoms with Gasteiger partial charge in [-0.25, -0.2) is 4.79 Å². The molecule has 0 saturated carbocycles. The minimum atomic E-state index is -1.04. The van der Waals surface area contributed by atoms with Crippen LogP contribution in [0, 0.1) is 5.92 Å². The molecule has 6 nitrogen and oxygen atoms in total. The first-order valence-electron chi connectivity index (χ1n) is 7.88. The van der Waals surface area contributed by atoms with Gasteiger partial charge in [0.2, 0.25) is 5.91 Å². The lowest BCUT2D eigenvalue weighted by Gasteiger charge is -2.21. The summed E-state index contributed by atoms with van der Waals surface area (Å²) in [6.07, 6.45) is 1.98. The van der Waals surface area contributed by atoms with E-state index >= 15 is 0 Å². The fourth-order valence-corrected chi connectivity index (χ4v) is 2.64. The van der Waals surface area contributed by atoms with Gasteiger partial charge in [-0.2, -0.15) is 0 Å². The average Bonchev–Trinajstić information content (AvgIpc) is 2.97. The van der Waals surface area contributed by atoms with Crippen LogP contribution in [0.1, 0.15) is 43.5 Å². The number of carbonyl (C=O) groups is 3. The summed E-state index contributed by atoms with van der Waals surface area (Å²) in [4.78, 5) is 37.1. The molecule has 6 heteroatoms. The Bertz CT molecular complexity index is 614. The van der Waals surface area contributed by atoms with Gasteiger partial charge in [-0.05, 0) is 30.5 Å². The van der Waals surface area contributed by atoms with Gasteiger partial charge in [0.25, 0.3) is 5.91 Å². The monoisotopic (exact) mass is 318 g/mol. The van der Waals surface area contributed by atoms with Crippen molar-refractivity contribution in [1.29, 1.82) is 0 Å². The highest BCUT2D eigenvalue weighted by molar-refractivity contribution is 6.00. The molecule has 0 aromatic heterocycles. The number of amides is 2. The number of hydrogen-bond acceptors (Lipinski definition) is 3. The topological polar surface area (TPSA) is 86.7 Å². The number of hydrogen-bond donors (Lipinski definition) is 2. The number of aliphatic carboxylic acids is 1. The first-order chi connectivity index (χ1) is 10.9. The summed E-state index contributed by atoms with van der Waals surface area (Å²) in [5.41, 5.74) is 1.03. The van der Waals surface area contributed by atoms with Crippen LogP contribution in [0.2, 0.25) is 0 Å². The lowest BCUT2D eigenvalue weighted by molar-refractivity contribution is -0.140. The van der Waals surface area contributed by atoms with Gasteiger partial charge in [0.05, 0.1) is 0 Å². The van der Waals surface area contributed by atoms with Crippen molar-refractivity contribution in [3.63, 3.8) is 0 Å². The average molecular weight is 318 g/mol. The first-order valence-corrected chi connectivity index (χ1v) is 7.88. The minimum absolute atomic E-state index is 0.0468. The van der Waals surface area contributed by atoms with E-state index in [0.29, 0.717) is 30.6 Å². The molecule has 2 rings (SSSR count). The predicted octanol–water partition coefficient (Wildman–Crippen LogP) is 2.04. The normalized spacial score (nSPS) is 17.0. The number of carboxylic acids is 1. The summed E-state index contributed by atoms with van der Waals surface area (Å²) in [6.45, 7) is 4.32.